The first-order valence-corrected chi connectivity index (χ1v) is 5.29. The van der Waals surface area contributed by atoms with Crippen molar-refractivity contribution in [1.29, 1.82) is 0 Å². The molecule has 1 saturated carbocycles. The van der Waals surface area contributed by atoms with Crippen LogP contribution in [0.4, 0.5) is 4.39 Å². The zero-order chi connectivity index (χ0) is 10.8. The number of para-hydroxylation sites is 1. The molecule has 0 heterocycles. The Bertz CT molecular complexity index is 349. The molecule has 0 aromatic heterocycles. The fourth-order valence-electron chi connectivity index (χ4n) is 1.89. The van der Waals surface area contributed by atoms with Crippen molar-refractivity contribution in [1.82, 2.24) is 0 Å². The van der Waals surface area contributed by atoms with E-state index in [2.05, 4.69) is 0 Å². The molecule has 0 saturated heterocycles. The maximum absolute atomic E-state index is 13.4. The average Bonchev–Trinajstić information content (AvgIpc) is 3.01. The molecule has 0 spiro atoms. The highest BCUT2D eigenvalue weighted by molar-refractivity contribution is 5.35. The zero-order valence-electron chi connectivity index (χ0n) is 8.87. The van der Waals surface area contributed by atoms with Gasteiger partial charge in [0.25, 0.3) is 0 Å². The van der Waals surface area contributed by atoms with Crippen LogP contribution in [0.5, 0.6) is 5.75 Å². The number of rotatable bonds is 4. The lowest BCUT2D eigenvalue weighted by Gasteiger charge is -2.13. The fourth-order valence-corrected chi connectivity index (χ4v) is 1.89. The van der Waals surface area contributed by atoms with Crippen molar-refractivity contribution in [2.75, 3.05) is 7.11 Å². The van der Waals surface area contributed by atoms with Crippen molar-refractivity contribution >= 4 is 0 Å². The second-order valence-electron chi connectivity index (χ2n) is 4.14. The molecule has 1 atom stereocenters. The highest BCUT2D eigenvalue weighted by Crippen LogP contribution is 2.34. The first kappa shape index (κ1) is 10.4. The van der Waals surface area contributed by atoms with E-state index in [1.807, 2.05) is 6.07 Å². The third-order valence-electron chi connectivity index (χ3n) is 2.94. The molecule has 0 bridgehead atoms. The molecule has 3 heteroatoms. The van der Waals surface area contributed by atoms with Crippen molar-refractivity contribution in [2.24, 2.45) is 11.7 Å². The molecule has 15 heavy (non-hydrogen) atoms. The Balaban J connectivity index is 2.15. The molecule has 1 fully saturated rings. The smallest absolute Gasteiger partial charge is 0.165 e. The summed E-state index contributed by atoms with van der Waals surface area (Å²) in [5, 5.41) is 0. The first-order valence-electron chi connectivity index (χ1n) is 5.29. The van der Waals surface area contributed by atoms with Crippen LogP contribution in [0.3, 0.4) is 0 Å². The highest BCUT2D eigenvalue weighted by atomic mass is 19.1. The van der Waals surface area contributed by atoms with Crippen LogP contribution in [0.25, 0.3) is 0 Å². The lowest BCUT2D eigenvalue weighted by molar-refractivity contribution is 0.379. The van der Waals surface area contributed by atoms with Crippen molar-refractivity contribution in [2.45, 2.75) is 25.3 Å². The van der Waals surface area contributed by atoms with E-state index < -0.39 is 0 Å². The Morgan fingerprint density at radius 1 is 1.53 bits per heavy atom. The lowest BCUT2D eigenvalue weighted by Crippen LogP contribution is -2.25. The summed E-state index contributed by atoms with van der Waals surface area (Å²) in [6.07, 6.45) is 3.11. The summed E-state index contributed by atoms with van der Waals surface area (Å²) in [6, 6.07) is 5.13. The van der Waals surface area contributed by atoms with Crippen molar-refractivity contribution in [3.8, 4) is 5.75 Å². The molecular formula is C12H16FNO. The van der Waals surface area contributed by atoms with Crippen LogP contribution in [0, 0.1) is 11.7 Å². The van der Waals surface area contributed by atoms with Crippen molar-refractivity contribution < 1.29 is 9.13 Å². The van der Waals surface area contributed by atoms with Gasteiger partial charge in [-0.05, 0) is 36.8 Å². The van der Waals surface area contributed by atoms with Crippen LogP contribution in [0.1, 0.15) is 18.4 Å². The third-order valence-corrected chi connectivity index (χ3v) is 2.94. The minimum atomic E-state index is -0.307. The van der Waals surface area contributed by atoms with Gasteiger partial charge in [0, 0.05) is 6.04 Å². The number of halogens is 1. The monoisotopic (exact) mass is 209 g/mol. The maximum Gasteiger partial charge on any atom is 0.165 e. The van der Waals surface area contributed by atoms with E-state index in [0.29, 0.717) is 18.1 Å². The molecule has 0 radical (unpaired) electrons. The maximum atomic E-state index is 13.4. The third kappa shape index (κ3) is 2.29. The van der Waals surface area contributed by atoms with Gasteiger partial charge in [-0.3, -0.25) is 0 Å². The van der Waals surface area contributed by atoms with E-state index in [9.17, 15) is 4.39 Å². The average molecular weight is 209 g/mol. The van der Waals surface area contributed by atoms with E-state index in [1.165, 1.54) is 26.0 Å². The van der Waals surface area contributed by atoms with Crippen molar-refractivity contribution in [3.05, 3.63) is 29.6 Å². The minimum Gasteiger partial charge on any atom is -0.493 e. The van der Waals surface area contributed by atoms with Gasteiger partial charge in [0.1, 0.15) is 0 Å². The molecule has 0 aliphatic heterocycles. The summed E-state index contributed by atoms with van der Waals surface area (Å²) in [5.74, 6) is 0.657. The van der Waals surface area contributed by atoms with E-state index in [1.54, 1.807) is 6.07 Å². The van der Waals surface area contributed by atoms with Gasteiger partial charge in [0.05, 0.1) is 7.11 Å². The molecule has 1 aromatic rings. The van der Waals surface area contributed by atoms with Gasteiger partial charge in [0.15, 0.2) is 11.6 Å². The summed E-state index contributed by atoms with van der Waals surface area (Å²) in [6.45, 7) is 0. The number of benzene rings is 1. The summed E-state index contributed by atoms with van der Waals surface area (Å²) in [5.41, 5.74) is 6.88. The predicted octanol–water partition coefficient (Wildman–Crippen LogP) is 2.11. The first-order chi connectivity index (χ1) is 7.22. The Labute approximate surface area is 89.2 Å². The highest BCUT2D eigenvalue weighted by Gasteiger charge is 2.29. The van der Waals surface area contributed by atoms with E-state index >= 15 is 0 Å². The number of hydrogen-bond donors (Lipinski definition) is 1. The number of ether oxygens (including phenoxy) is 1. The molecule has 2 rings (SSSR count). The van der Waals surface area contributed by atoms with Crippen LogP contribution in [-0.4, -0.2) is 13.2 Å². The van der Waals surface area contributed by atoms with Crippen LogP contribution >= 0.6 is 0 Å². The van der Waals surface area contributed by atoms with Gasteiger partial charge in [-0.15, -0.1) is 0 Å². The normalized spacial score (nSPS) is 17.5. The number of hydrogen-bond acceptors (Lipinski definition) is 2. The topological polar surface area (TPSA) is 35.2 Å². The van der Waals surface area contributed by atoms with Crippen molar-refractivity contribution in [3.63, 3.8) is 0 Å². The van der Waals surface area contributed by atoms with E-state index in [-0.39, 0.29) is 11.9 Å². The number of nitrogens with two attached hydrogens (primary N) is 1. The van der Waals surface area contributed by atoms with E-state index in [4.69, 9.17) is 10.5 Å². The molecule has 0 amide bonds. The van der Waals surface area contributed by atoms with Gasteiger partial charge in [-0.1, -0.05) is 12.1 Å². The van der Waals surface area contributed by atoms with Gasteiger partial charge in [0.2, 0.25) is 0 Å². The predicted molar refractivity (Wildman–Crippen MR) is 57.4 cm³/mol. The molecule has 1 aliphatic rings. The summed E-state index contributed by atoms with van der Waals surface area (Å²) in [7, 11) is 1.49. The molecule has 1 unspecified atom stereocenters. The summed E-state index contributed by atoms with van der Waals surface area (Å²) >= 11 is 0. The lowest BCUT2D eigenvalue weighted by atomic mass is 10.0. The second kappa shape index (κ2) is 4.19. The Morgan fingerprint density at radius 2 is 2.27 bits per heavy atom. The molecule has 82 valence electrons. The van der Waals surface area contributed by atoms with Crippen LogP contribution in [0.15, 0.2) is 18.2 Å². The molecule has 2 nitrogen and oxygen atoms in total. The second-order valence-corrected chi connectivity index (χ2v) is 4.14. The standard InChI is InChI=1S/C12H16FNO/c1-15-12-9(3-2-4-10(12)13)7-11(14)8-5-6-8/h2-4,8,11H,5-7,14H2,1H3. The van der Waals surface area contributed by atoms with Gasteiger partial charge >= 0.3 is 0 Å². The van der Waals surface area contributed by atoms with E-state index in [0.717, 1.165) is 5.56 Å². The Hall–Kier alpha value is -1.09. The van der Waals surface area contributed by atoms with Crippen LogP contribution in [0.2, 0.25) is 0 Å². The summed E-state index contributed by atoms with van der Waals surface area (Å²) in [4.78, 5) is 0. The van der Waals surface area contributed by atoms with Crippen LogP contribution in [-0.2, 0) is 6.42 Å². The Morgan fingerprint density at radius 3 is 2.87 bits per heavy atom. The molecule has 1 aromatic carbocycles. The van der Waals surface area contributed by atoms with Gasteiger partial charge in [-0.2, -0.15) is 0 Å². The van der Waals surface area contributed by atoms with Crippen LogP contribution < -0.4 is 10.5 Å². The SMILES string of the molecule is COc1c(F)cccc1CC(N)C1CC1. The molecular weight excluding hydrogens is 193 g/mol. The largest absolute Gasteiger partial charge is 0.493 e. The Kier molecular flexibility index (Phi) is 2.91. The number of methoxy groups -OCH3 is 1. The van der Waals surface area contributed by atoms with Gasteiger partial charge in [-0.25, -0.2) is 4.39 Å². The molecule has 2 N–H and O–H groups in total. The summed E-state index contributed by atoms with van der Waals surface area (Å²) < 4.78 is 18.4. The molecule has 1 aliphatic carbocycles. The minimum absolute atomic E-state index is 0.140. The quantitative estimate of drug-likeness (QED) is 0.824. The fraction of sp³-hybridized carbons (Fsp3) is 0.500. The zero-order valence-corrected chi connectivity index (χ0v) is 8.87. The van der Waals surface area contributed by atoms with Gasteiger partial charge < -0.3 is 10.5 Å².